The van der Waals surface area contributed by atoms with Crippen molar-refractivity contribution in [2.24, 2.45) is 0 Å². The maximum absolute atomic E-state index is 10.4. The fraction of sp³-hybridized carbons (Fsp3) is 0.357. The van der Waals surface area contributed by atoms with Gasteiger partial charge in [0.2, 0.25) is 0 Å². The van der Waals surface area contributed by atoms with Crippen molar-refractivity contribution < 1.29 is 5.11 Å². The molecule has 0 aliphatic carbocycles. The van der Waals surface area contributed by atoms with Crippen molar-refractivity contribution in [2.45, 2.75) is 25.5 Å². The molecule has 0 saturated heterocycles. The lowest BCUT2D eigenvalue weighted by Gasteiger charge is -2.25. The van der Waals surface area contributed by atoms with Crippen LogP contribution < -0.4 is 5.32 Å². The summed E-state index contributed by atoms with van der Waals surface area (Å²) in [4.78, 5) is 4.30. The highest BCUT2D eigenvalue weighted by Gasteiger charge is 2.24. The van der Waals surface area contributed by atoms with Crippen molar-refractivity contribution in [1.82, 2.24) is 10.3 Å². The van der Waals surface area contributed by atoms with Crippen LogP contribution >= 0.6 is 11.3 Å². The van der Waals surface area contributed by atoms with Gasteiger partial charge < -0.3 is 10.4 Å². The van der Waals surface area contributed by atoms with Crippen molar-refractivity contribution >= 4 is 11.3 Å². The lowest BCUT2D eigenvalue weighted by atomic mass is 9.99. The van der Waals surface area contributed by atoms with Gasteiger partial charge in [0.05, 0.1) is 5.69 Å². The van der Waals surface area contributed by atoms with Gasteiger partial charge in [0.25, 0.3) is 0 Å². The summed E-state index contributed by atoms with van der Waals surface area (Å²) >= 11 is 1.60. The second-order valence-corrected chi connectivity index (χ2v) is 5.42. The Hall–Kier alpha value is -1.23. The van der Waals surface area contributed by atoms with Crippen LogP contribution in [0.15, 0.2) is 41.2 Å². The van der Waals surface area contributed by atoms with Gasteiger partial charge in [-0.05, 0) is 48.4 Å². The minimum atomic E-state index is -0.844. The first-order chi connectivity index (χ1) is 8.59. The molecule has 2 atom stereocenters. The lowest BCUT2D eigenvalue weighted by Crippen LogP contribution is -2.36. The number of rotatable bonds is 5. The van der Waals surface area contributed by atoms with E-state index in [1.807, 2.05) is 48.9 Å². The van der Waals surface area contributed by atoms with Crippen LogP contribution in [0, 0.1) is 0 Å². The first-order valence-electron chi connectivity index (χ1n) is 5.99. The molecular weight excluding hydrogens is 244 g/mol. The van der Waals surface area contributed by atoms with Gasteiger partial charge in [-0.25, -0.2) is 0 Å². The van der Waals surface area contributed by atoms with Crippen molar-refractivity contribution in [3.05, 3.63) is 52.5 Å². The summed E-state index contributed by atoms with van der Waals surface area (Å²) in [5, 5.41) is 17.7. The number of pyridine rings is 1. The summed E-state index contributed by atoms with van der Waals surface area (Å²) < 4.78 is 0. The largest absolute Gasteiger partial charge is 0.384 e. The fourth-order valence-electron chi connectivity index (χ4n) is 1.76. The van der Waals surface area contributed by atoms with E-state index in [1.165, 1.54) is 0 Å². The molecular formula is C14H18N2OS. The average molecular weight is 262 g/mol. The van der Waals surface area contributed by atoms with Crippen molar-refractivity contribution in [2.75, 3.05) is 6.54 Å². The first kappa shape index (κ1) is 13.2. The van der Waals surface area contributed by atoms with Crippen LogP contribution in [0.3, 0.4) is 0 Å². The number of hydrogen-bond acceptors (Lipinski definition) is 4. The molecule has 2 N–H and O–H groups in total. The molecule has 0 fully saturated rings. The number of thiophene rings is 1. The molecule has 0 bridgehead atoms. The zero-order valence-electron chi connectivity index (χ0n) is 10.6. The molecule has 0 spiro atoms. The number of hydrogen-bond donors (Lipinski definition) is 2. The Morgan fingerprint density at radius 1 is 1.44 bits per heavy atom. The molecule has 0 amide bonds. The SMILES string of the molecule is CC(NCC(C)(O)c1ccsc1)c1ccccn1. The first-order valence-corrected chi connectivity index (χ1v) is 6.93. The maximum atomic E-state index is 10.4. The van der Waals surface area contributed by atoms with E-state index in [0.29, 0.717) is 6.54 Å². The molecule has 4 heteroatoms. The van der Waals surface area contributed by atoms with Gasteiger partial charge in [-0.1, -0.05) is 6.07 Å². The molecule has 0 saturated carbocycles. The van der Waals surface area contributed by atoms with Crippen LogP contribution in [-0.2, 0) is 5.60 Å². The van der Waals surface area contributed by atoms with Gasteiger partial charge in [0.1, 0.15) is 5.60 Å². The van der Waals surface area contributed by atoms with Gasteiger partial charge in [0, 0.05) is 18.8 Å². The second-order valence-electron chi connectivity index (χ2n) is 4.64. The smallest absolute Gasteiger partial charge is 0.100 e. The minimum absolute atomic E-state index is 0.122. The van der Waals surface area contributed by atoms with E-state index < -0.39 is 5.60 Å². The fourth-order valence-corrected chi connectivity index (χ4v) is 2.54. The quantitative estimate of drug-likeness (QED) is 0.871. The standard InChI is InChI=1S/C14H18N2OS/c1-11(13-5-3-4-7-15-13)16-10-14(2,17)12-6-8-18-9-12/h3-9,11,16-17H,10H2,1-2H3. The van der Waals surface area contributed by atoms with Crippen LogP contribution in [0.1, 0.15) is 31.1 Å². The highest BCUT2D eigenvalue weighted by atomic mass is 32.1. The third-order valence-electron chi connectivity index (χ3n) is 3.03. The van der Waals surface area contributed by atoms with Gasteiger partial charge in [-0.2, -0.15) is 11.3 Å². The van der Waals surface area contributed by atoms with E-state index in [4.69, 9.17) is 0 Å². The molecule has 18 heavy (non-hydrogen) atoms. The van der Waals surface area contributed by atoms with Crippen LogP contribution in [0.2, 0.25) is 0 Å². The minimum Gasteiger partial charge on any atom is -0.384 e. The summed E-state index contributed by atoms with van der Waals surface area (Å²) in [6, 6.07) is 7.93. The van der Waals surface area contributed by atoms with Crippen LogP contribution in [0.25, 0.3) is 0 Å². The van der Waals surface area contributed by atoms with E-state index in [-0.39, 0.29) is 6.04 Å². The van der Waals surface area contributed by atoms with E-state index in [2.05, 4.69) is 10.3 Å². The van der Waals surface area contributed by atoms with Crippen LogP contribution in [0.4, 0.5) is 0 Å². The topological polar surface area (TPSA) is 45.1 Å². The molecule has 96 valence electrons. The Morgan fingerprint density at radius 2 is 2.28 bits per heavy atom. The van der Waals surface area contributed by atoms with Gasteiger partial charge in [-0.3, -0.25) is 4.98 Å². The van der Waals surface area contributed by atoms with Gasteiger partial charge in [0.15, 0.2) is 0 Å². The summed E-state index contributed by atoms with van der Waals surface area (Å²) in [6.07, 6.45) is 1.78. The van der Waals surface area contributed by atoms with Gasteiger partial charge in [-0.15, -0.1) is 0 Å². The summed E-state index contributed by atoms with van der Waals surface area (Å²) in [6.45, 7) is 4.38. The van der Waals surface area contributed by atoms with E-state index in [9.17, 15) is 5.11 Å². The lowest BCUT2D eigenvalue weighted by molar-refractivity contribution is 0.0547. The molecule has 2 unspecified atom stereocenters. The summed E-state index contributed by atoms with van der Waals surface area (Å²) in [7, 11) is 0. The van der Waals surface area contributed by atoms with E-state index in [0.717, 1.165) is 11.3 Å². The highest BCUT2D eigenvalue weighted by Crippen LogP contribution is 2.23. The maximum Gasteiger partial charge on any atom is 0.100 e. The molecule has 2 aromatic rings. The zero-order chi connectivity index (χ0) is 13.0. The predicted molar refractivity (Wildman–Crippen MR) is 74.5 cm³/mol. The molecule has 0 radical (unpaired) electrons. The normalized spacial score (nSPS) is 16.2. The number of nitrogens with zero attached hydrogens (tertiary/aromatic N) is 1. The number of nitrogens with one attached hydrogen (secondary N) is 1. The molecule has 0 aliphatic rings. The Kier molecular flexibility index (Phi) is 4.11. The number of aliphatic hydroxyl groups is 1. The average Bonchev–Trinajstić information content (AvgIpc) is 2.92. The molecule has 2 aromatic heterocycles. The van der Waals surface area contributed by atoms with Crippen LogP contribution in [-0.4, -0.2) is 16.6 Å². The molecule has 0 aliphatic heterocycles. The Labute approximate surface area is 112 Å². The highest BCUT2D eigenvalue weighted by molar-refractivity contribution is 7.08. The van der Waals surface area contributed by atoms with Gasteiger partial charge >= 0.3 is 0 Å². The van der Waals surface area contributed by atoms with Crippen molar-refractivity contribution in [3.8, 4) is 0 Å². The molecule has 2 rings (SSSR count). The molecule has 2 heterocycles. The Morgan fingerprint density at radius 3 is 2.89 bits per heavy atom. The molecule has 0 aromatic carbocycles. The van der Waals surface area contributed by atoms with Crippen LogP contribution in [0.5, 0.6) is 0 Å². The Balaban J connectivity index is 1.96. The monoisotopic (exact) mass is 262 g/mol. The van der Waals surface area contributed by atoms with E-state index in [1.54, 1.807) is 17.5 Å². The van der Waals surface area contributed by atoms with E-state index >= 15 is 0 Å². The summed E-state index contributed by atoms with van der Waals surface area (Å²) in [5.74, 6) is 0. The zero-order valence-corrected chi connectivity index (χ0v) is 11.4. The molecule has 3 nitrogen and oxygen atoms in total. The van der Waals surface area contributed by atoms with Crippen molar-refractivity contribution in [3.63, 3.8) is 0 Å². The third kappa shape index (κ3) is 3.16. The van der Waals surface area contributed by atoms with Crippen molar-refractivity contribution in [1.29, 1.82) is 0 Å². The summed E-state index contributed by atoms with van der Waals surface area (Å²) in [5.41, 5.74) is 1.09. The number of aromatic nitrogens is 1. The second kappa shape index (κ2) is 5.61. The Bertz CT molecular complexity index is 468. The third-order valence-corrected chi connectivity index (χ3v) is 3.71. The predicted octanol–water partition coefficient (Wildman–Crippen LogP) is 2.70.